The van der Waals surface area contributed by atoms with E-state index in [2.05, 4.69) is 5.32 Å². The molecule has 5 nitrogen and oxygen atoms in total. The van der Waals surface area contributed by atoms with E-state index in [4.69, 9.17) is 9.15 Å². The highest BCUT2D eigenvalue weighted by Gasteiger charge is 2.09. The summed E-state index contributed by atoms with van der Waals surface area (Å²) in [6.07, 6.45) is 1.63. The average molecular weight is 302 g/mol. The predicted molar refractivity (Wildman–Crippen MR) is 85.6 cm³/mol. The molecule has 0 saturated carbocycles. The van der Waals surface area contributed by atoms with E-state index in [9.17, 15) is 4.79 Å². The van der Waals surface area contributed by atoms with Gasteiger partial charge in [-0.05, 0) is 43.7 Å². The van der Waals surface area contributed by atoms with Gasteiger partial charge in [0, 0.05) is 18.8 Å². The monoisotopic (exact) mass is 302 g/mol. The van der Waals surface area contributed by atoms with Gasteiger partial charge in [0.2, 0.25) is 0 Å². The number of amides is 2. The van der Waals surface area contributed by atoms with Crippen molar-refractivity contribution in [2.75, 3.05) is 18.4 Å². The number of carbonyl (C=O) groups excluding carboxylic acids is 1. The van der Waals surface area contributed by atoms with Crippen molar-refractivity contribution in [3.8, 4) is 0 Å². The molecule has 1 heterocycles. The van der Waals surface area contributed by atoms with Gasteiger partial charge in [-0.1, -0.05) is 12.1 Å². The van der Waals surface area contributed by atoms with Crippen LogP contribution < -0.4 is 5.32 Å². The quantitative estimate of drug-likeness (QED) is 0.844. The number of nitrogens with zero attached hydrogens (tertiary/aromatic N) is 1. The highest BCUT2D eigenvalue weighted by atomic mass is 16.5. The molecule has 0 atom stereocenters. The molecule has 1 N–H and O–H groups in total. The van der Waals surface area contributed by atoms with Gasteiger partial charge in [-0.2, -0.15) is 0 Å². The largest absolute Gasteiger partial charge is 0.467 e. The summed E-state index contributed by atoms with van der Waals surface area (Å²) in [5.41, 5.74) is 1.78. The van der Waals surface area contributed by atoms with Gasteiger partial charge in [-0.15, -0.1) is 0 Å². The van der Waals surface area contributed by atoms with Crippen molar-refractivity contribution in [3.63, 3.8) is 0 Å². The number of urea groups is 1. The average Bonchev–Trinajstić information content (AvgIpc) is 3.02. The van der Waals surface area contributed by atoms with E-state index < -0.39 is 0 Å². The molecule has 1 aromatic carbocycles. The number of hydrogen-bond donors (Lipinski definition) is 1. The molecule has 2 rings (SSSR count). The molecular weight excluding hydrogens is 280 g/mol. The first kappa shape index (κ1) is 16.1. The summed E-state index contributed by atoms with van der Waals surface area (Å²) in [5, 5.41) is 2.90. The number of rotatable bonds is 7. The van der Waals surface area contributed by atoms with Crippen molar-refractivity contribution in [1.29, 1.82) is 0 Å². The van der Waals surface area contributed by atoms with Crippen molar-refractivity contribution in [2.24, 2.45) is 0 Å². The molecule has 1 aromatic heterocycles. The Labute approximate surface area is 130 Å². The molecule has 0 radical (unpaired) electrons. The van der Waals surface area contributed by atoms with Crippen LogP contribution in [0, 0.1) is 0 Å². The maximum absolute atomic E-state index is 12.0. The van der Waals surface area contributed by atoms with Crippen molar-refractivity contribution < 1.29 is 13.9 Å². The Balaban J connectivity index is 1.87. The molecule has 0 saturated heterocycles. The molecule has 118 valence electrons. The van der Waals surface area contributed by atoms with E-state index in [1.165, 1.54) is 0 Å². The zero-order valence-corrected chi connectivity index (χ0v) is 13.0. The first-order chi connectivity index (χ1) is 10.7. The summed E-state index contributed by atoms with van der Waals surface area (Å²) in [6, 6.07) is 11.3. The van der Waals surface area contributed by atoms with Crippen LogP contribution in [0.1, 0.15) is 25.2 Å². The second-order valence-electron chi connectivity index (χ2n) is 4.87. The van der Waals surface area contributed by atoms with Gasteiger partial charge >= 0.3 is 6.03 Å². The van der Waals surface area contributed by atoms with Gasteiger partial charge < -0.3 is 19.4 Å². The van der Waals surface area contributed by atoms with E-state index in [-0.39, 0.29) is 6.03 Å². The topological polar surface area (TPSA) is 54.7 Å². The molecular formula is C17H22N2O3. The Morgan fingerprint density at radius 3 is 2.68 bits per heavy atom. The van der Waals surface area contributed by atoms with Crippen LogP contribution in [0.3, 0.4) is 0 Å². The fourth-order valence-electron chi connectivity index (χ4n) is 2.12. The van der Waals surface area contributed by atoms with Gasteiger partial charge in [0.1, 0.15) is 12.4 Å². The van der Waals surface area contributed by atoms with Crippen LogP contribution >= 0.6 is 0 Å². The Hall–Kier alpha value is -2.27. The normalized spacial score (nSPS) is 10.5. The summed E-state index contributed by atoms with van der Waals surface area (Å²) >= 11 is 0. The molecule has 2 aromatic rings. The molecule has 22 heavy (non-hydrogen) atoms. The second kappa shape index (κ2) is 8.24. The van der Waals surface area contributed by atoms with Gasteiger partial charge in [0.05, 0.1) is 12.9 Å². The molecule has 0 fully saturated rings. The fraction of sp³-hybridized carbons (Fsp3) is 0.353. The Morgan fingerprint density at radius 2 is 2.00 bits per heavy atom. The highest BCUT2D eigenvalue weighted by Crippen LogP contribution is 2.13. The number of benzene rings is 1. The molecule has 0 bridgehead atoms. The van der Waals surface area contributed by atoms with Crippen LogP contribution in [0.15, 0.2) is 47.1 Å². The Morgan fingerprint density at radius 1 is 1.18 bits per heavy atom. The Bertz CT molecular complexity index is 577. The van der Waals surface area contributed by atoms with Crippen LogP contribution in [-0.2, 0) is 18.0 Å². The molecule has 5 heteroatoms. The molecule has 0 aliphatic carbocycles. The standard InChI is InChI=1S/C17H22N2O3/c1-3-19(4-2)17(20)18-15-8-5-7-14(11-15)12-21-13-16-9-6-10-22-16/h5-11H,3-4,12-13H2,1-2H3,(H,18,20). The number of ether oxygens (including phenoxy) is 1. The third-order valence-corrected chi connectivity index (χ3v) is 3.32. The van der Waals surface area contributed by atoms with Gasteiger partial charge in [0.25, 0.3) is 0 Å². The lowest BCUT2D eigenvalue weighted by Gasteiger charge is -2.19. The third kappa shape index (κ3) is 4.63. The SMILES string of the molecule is CCN(CC)C(=O)Nc1cccc(COCc2ccco2)c1. The van der Waals surface area contributed by atoms with Crippen molar-refractivity contribution in [3.05, 3.63) is 54.0 Å². The number of furan rings is 1. The summed E-state index contributed by atoms with van der Waals surface area (Å²) in [4.78, 5) is 13.8. The molecule has 0 unspecified atom stereocenters. The van der Waals surface area contributed by atoms with E-state index >= 15 is 0 Å². The zero-order valence-electron chi connectivity index (χ0n) is 13.0. The minimum absolute atomic E-state index is 0.0846. The summed E-state index contributed by atoms with van der Waals surface area (Å²) in [6.45, 7) is 6.20. The van der Waals surface area contributed by atoms with Crippen molar-refractivity contribution >= 4 is 11.7 Å². The van der Waals surface area contributed by atoms with Gasteiger partial charge in [-0.3, -0.25) is 0 Å². The summed E-state index contributed by atoms with van der Waals surface area (Å²) < 4.78 is 10.8. The van der Waals surface area contributed by atoms with E-state index in [1.807, 2.05) is 50.2 Å². The molecule has 2 amide bonds. The number of nitrogens with one attached hydrogen (secondary N) is 1. The molecule has 0 spiro atoms. The molecule has 0 aliphatic heterocycles. The van der Waals surface area contributed by atoms with E-state index in [0.29, 0.717) is 26.3 Å². The third-order valence-electron chi connectivity index (χ3n) is 3.32. The predicted octanol–water partition coefficient (Wildman–Crippen LogP) is 3.87. The zero-order chi connectivity index (χ0) is 15.8. The highest BCUT2D eigenvalue weighted by molar-refractivity contribution is 5.89. The summed E-state index contributed by atoms with van der Waals surface area (Å²) in [7, 11) is 0. The van der Waals surface area contributed by atoms with Crippen LogP contribution in [0.4, 0.5) is 10.5 Å². The van der Waals surface area contributed by atoms with Crippen molar-refractivity contribution in [1.82, 2.24) is 4.90 Å². The maximum atomic E-state index is 12.0. The van der Waals surface area contributed by atoms with Crippen LogP contribution in [-0.4, -0.2) is 24.0 Å². The smallest absolute Gasteiger partial charge is 0.321 e. The van der Waals surface area contributed by atoms with E-state index in [0.717, 1.165) is 17.0 Å². The number of anilines is 1. The lowest BCUT2D eigenvalue weighted by molar-refractivity contribution is 0.0930. The lowest BCUT2D eigenvalue weighted by Crippen LogP contribution is -2.34. The number of hydrogen-bond acceptors (Lipinski definition) is 3. The second-order valence-corrected chi connectivity index (χ2v) is 4.87. The van der Waals surface area contributed by atoms with Gasteiger partial charge in [-0.25, -0.2) is 4.79 Å². The van der Waals surface area contributed by atoms with Crippen LogP contribution in [0.2, 0.25) is 0 Å². The minimum Gasteiger partial charge on any atom is -0.467 e. The first-order valence-corrected chi connectivity index (χ1v) is 7.48. The number of carbonyl (C=O) groups is 1. The Kier molecular flexibility index (Phi) is 6.03. The summed E-state index contributed by atoms with van der Waals surface area (Å²) in [5.74, 6) is 0.797. The first-order valence-electron chi connectivity index (χ1n) is 7.48. The maximum Gasteiger partial charge on any atom is 0.321 e. The van der Waals surface area contributed by atoms with Crippen molar-refractivity contribution in [2.45, 2.75) is 27.1 Å². The molecule has 0 aliphatic rings. The van der Waals surface area contributed by atoms with E-state index in [1.54, 1.807) is 11.2 Å². The lowest BCUT2D eigenvalue weighted by atomic mass is 10.2. The minimum atomic E-state index is -0.0846. The fourth-order valence-corrected chi connectivity index (χ4v) is 2.12. The van der Waals surface area contributed by atoms with Crippen LogP contribution in [0.5, 0.6) is 0 Å². The van der Waals surface area contributed by atoms with Crippen LogP contribution in [0.25, 0.3) is 0 Å². The van der Waals surface area contributed by atoms with Gasteiger partial charge in [0.15, 0.2) is 0 Å².